The first-order valence-corrected chi connectivity index (χ1v) is 3.70. The highest BCUT2D eigenvalue weighted by Gasteiger charge is 2.18. The molecule has 0 aromatic heterocycles. The van der Waals surface area contributed by atoms with Gasteiger partial charge in [-0.05, 0) is 12.6 Å². The van der Waals surface area contributed by atoms with Crippen LogP contribution in [0.3, 0.4) is 0 Å². The minimum absolute atomic E-state index is 0.0382. The van der Waals surface area contributed by atoms with Crippen LogP contribution in [0.15, 0.2) is 49.2 Å². The van der Waals surface area contributed by atoms with Gasteiger partial charge in [-0.3, -0.25) is 0 Å². The van der Waals surface area contributed by atoms with E-state index in [1.807, 2.05) is 24.3 Å². The van der Waals surface area contributed by atoms with Crippen molar-refractivity contribution in [1.29, 1.82) is 0 Å². The largest absolute Gasteiger partial charge is 0.405 e. The molecule has 58 valence electrons. The lowest BCUT2D eigenvalue weighted by Crippen LogP contribution is -2.12. The highest BCUT2D eigenvalue weighted by molar-refractivity contribution is 5.27. The van der Waals surface area contributed by atoms with Gasteiger partial charge >= 0.3 is 0 Å². The van der Waals surface area contributed by atoms with E-state index < -0.39 is 0 Å². The van der Waals surface area contributed by atoms with E-state index in [0.717, 1.165) is 6.42 Å². The summed E-state index contributed by atoms with van der Waals surface area (Å²) in [4.78, 5) is 0. The Hall–Kier alpha value is -1.24. The van der Waals surface area contributed by atoms with Crippen molar-refractivity contribution in [1.82, 2.24) is 0 Å². The fraction of sp³-hybridized carbons (Fsp3) is 0.200. The van der Waals surface area contributed by atoms with E-state index in [1.165, 1.54) is 0 Å². The molecule has 1 rings (SSSR count). The summed E-state index contributed by atoms with van der Waals surface area (Å²) < 4.78 is 0. The van der Waals surface area contributed by atoms with E-state index in [9.17, 15) is 0 Å². The molecule has 0 heterocycles. The van der Waals surface area contributed by atoms with Crippen LogP contribution in [-0.2, 0) is 0 Å². The van der Waals surface area contributed by atoms with Crippen molar-refractivity contribution in [3.05, 3.63) is 49.2 Å². The second kappa shape index (κ2) is 3.24. The maximum atomic E-state index is 5.33. The number of nitrogens with two attached hydrogens (primary N) is 1. The van der Waals surface area contributed by atoms with Crippen LogP contribution in [0.2, 0.25) is 0 Å². The van der Waals surface area contributed by atoms with Crippen LogP contribution in [0.5, 0.6) is 0 Å². The quantitative estimate of drug-likeness (QED) is 0.595. The predicted octanol–water partition coefficient (Wildman–Crippen LogP) is 2.15. The van der Waals surface area contributed by atoms with Gasteiger partial charge in [-0.1, -0.05) is 36.5 Å². The van der Waals surface area contributed by atoms with Gasteiger partial charge < -0.3 is 5.73 Å². The molecule has 0 amide bonds. The zero-order chi connectivity index (χ0) is 8.16. The van der Waals surface area contributed by atoms with Gasteiger partial charge in [0.05, 0.1) is 0 Å². The van der Waals surface area contributed by atoms with Crippen molar-refractivity contribution >= 4 is 0 Å². The highest BCUT2D eigenvalue weighted by atomic mass is 14.5. The highest BCUT2D eigenvalue weighted by Crippen LogP contribution is 2.30. The lowest BCUT2D eigenvalue weighted by Gasteiger charge is -2.22. The molecule has 11 heavy (non-hydrogen) atoms. The van der Waals surface area contributed by atoms with Crippen LogP contribution >= 0.6 is 0 Å². The van der Waals surface area contributed by atoms with Crippen LogP contribution in [0.1, 0.15) is 6.42 Å². The smallest absolute Gasteiger partial charge is 0.0293 e. The molecule has 0 fully saturated rings. The molecule has 1 heteroatoms. The van der Waals surface area contributed by atoms with Crippen molar-refractivity contribution < 1.29 is 0 Å². The van der Waals surface area contributed by atoms with Crippen molar-refractivity contribution in [2.45, 2.75) is 6.42 Å². The average molecular weight is 147 g/mol. The van der Waals surface area contributed by atoms with Gasteiger partial charge in [-0.2, -0.15) is 0 Å². The Morgan fingerprint density at radius 2 is 2.27 bits per heavy atom. The average Bonchev–Trinajstić information content (AvgIpc) is 2.07. The van der Waals surface area contributed by atoms with E-state index in [4.69, 9.17) is 5.73 Å². The maximum Gasteiger partial charge on any atom is 0.0293 e. The number of hydrogen-bond acceptors (Lipinski definition) is 1. The summed E-state index contributed by atoms with van der Waals surface area (Å²) in [5.41, 5.74) is 5.30. The van der Waals surface area contributed by atoms with Gasteiger partial charge in [0.2, 0.25) is 0 Å². The summed E-state index contributed by atoms with van der Waals surface area (Å²) in [6.07, 6.45) is 14.7. The predicted molar refractivity (Wildman–Crippen MR) is 48.9 cm³/mol. The SMILES string of the molecule is C=CC1(C=CN)C=CC=CC1. The van der Waals surface area contributed by atoms with Crippen LogP contribution in [0.25, 0.3) is 0 Å². The van der Waals surface area contributed by atoms with Gasteiger partial charge in [0.1, 0.15) is 0 Å². The molecular weight excluding hydrogens is 134 g/mol. The summed E-state index contributed by atoms with van der Waals surface area (Å²) in [5, 5.41) is 0. The molecule has 0 saturated carbocycles. The maximum absolute atomic E-state index is 5.33. The van der Waals surface area contributed by atoms with Gasteiger partial charge in [0, 0.05) is 5.41 Å². The Kier molecular flexibility index (Phi) is 2.32. The molecule has 0 radical (unpaired) electrons. The number of hydrogen-bond donors (Lipinski definition) is 1. The second-order valence-corrected chi connectivity index (χ2v) is 2.67. The summed E-state index contributed by atoms with van der Waals surface area (Å²) in [5.74, 6) is 0. The first-order chi connectivity index (χ1) is 5.33. The lowest BCUT2D eigenvalue weighted by molar-refractivity contribution is 0.635. The van der Waals surface area contributed by atoms with Gasteiger partial charge in [-0.15, -0.1) is 6.58 Å². The number of allylic oxidation sites excluding steroid dienone is 6. The summed E-state index contributed by atoms with van der Waals surface area (Å²) in [6, 6.07) is 0. The normalized spacial score (nSPS) is 29.5. The van der Waals surface area contributed by atoms with Gasteiger partial charge in [-0.25, -0.2) is 0 Å². The molecule has 1 aliphatic rings. The molecule has 0 saturated heterocycles. The van der Waals surface area contributed by atoms with Crippen molar-refractivity contribution in [3.8, 4) is 0 Å². The van der Waals surface area contributed by atoms with Gasteiger partial charge in [0.25, 0.3) is 0 Å². The van der Waals surface area contributed by atoms with E-state index in [-0.39, 0.29) is 5.41 Å². The molecule has 1 nitrogen and oxygen atoms in total. The Labute approximate surface area is 67.6 Å². The second-order valence-electron chi connectivity index (χ2n) is 2.67. The van der Waals surface area contributed by atoms with Crippen molar-refractivity contribution in [2.75, 3.05) is 0 Å². The van der Waals surface area contributed by atoms with Crippen LogP contribution in [0, 0.1) is 5.41 Å². The molecule has 0 spiro atoms. The lowest BCUT2D eigenvalue weighted by atomic mass is 9.82. The Balaban J connectivity index is 2.84. The van der Waals surface area contributed by atoms with Crippen LogP contribution in [-0.4, -0.2) is 0 Å². The molecule has 1 aliphatic carbocycles. The van der Waals surface area contributed by atoms with Crippen LogP contribution < -0.4 is 5.73 Å². The van der Waals surface area contributed by atoms with E-state index in [2.05, 4.69) is 18.7 Å². The summed E-state index contributed by atoms with van der Waals surface area (Å²) in [7, 11) is 0. The Morgan fingerprint density at radius 1 is 1.45 bits per heavy atom. The minimum atomic E-state index is -0.0382. The summed E-state index contributed by atoms with van der Waals surface area (Å²) >= 11 is 0. The first kappa shape index (κ1) is 7.86. The van der Waals surface area contributed by atoms with Crippen molar-refractivity contribution in [3.63, 3.8) is 0 Å². The molecule has 0 aromatic carbocycles. The fourth-order valence-corrected chi connectivity index (χ4v) is 1.18. The number of rotatable bonds is 2. The van der Waals surface area contributed by atoms with E-state index >= 15 is 0 Å². The molecule has 1 atom stereocenters. The molecule has 0 aromatic rings. The third-order valence-corrected chi connectivity index (χ3v) is 1.91. The minimum Gasteiger partial charge on any atom is -0.405 e. The third-order valence-electron chi connectivity index (χ3n) is 1.91. The molecular formula is C10H13N. The Bertz CT molecular complexity index is 223. The zero-order valence-corrected chi connectivity index (χ0v) is 6.53. The van der Waals surface area contributed by atoms with Crippen molar-refractivity contribution in [2.24, 2.45) is 11.1 Å². The third kappa shape index (κ3) is 1.61. The van der Waals surface area contributed by atoms with Gasteiger partial charge in [0.15, 0.2) is 0 Å². The standard InChI is InChI=1S/C10H13N/c1-2-10(8-9-11)6-4-3-5-7-10/h2-6,8-9H,1,7,11H2. The first-order valence-electron chi connectivity index (χ1n) is 3.70. The molecule has 0 aliphatic heterocycles. The Morgan fingerprint density at radius 3 is 2.73 bits per heavy atom. The van der Waals surface area contributed by atoms with Crippen LogP contribution in [0.4, 0.5) is 0 Å². The molecule has 0 bridgehead atoms. The van der Waals surface area contributed by atoms with E-state index in [0.29, 0.717) is 0 Å². The topological polar surface area (TPSA) is 26.0 Å². The molecule has 1 unspecified atom stereocenters. The molecule has 2 N–H and O–H groups in total. The summed E-state index contributed by atoms with van der Waals surface area (Å²) in [6.45, 7) is 3.78. The zero-order valence-electron chi connectivity index (χ0n) is 6.53. The van der Waals surface area contributed by atoms with E-state index in [1.54, 1.807) is 6.20 Å². The fourth-order valence-electron chi connectivity index (χ4n) is 1.18. The monoisotopic (exact) mass is 147 g/mol.